The Bertz CT molecular complexity index is 184. The molecule has 0 saturated heterocycles. The Morgan fingerprint density at radius 3 is 1.86 bits per heavy atom. The molecular formula is C12H23NO. The predicted molar refractivity (Wildman–Crippen MR) is 59.1 cm³/mol. The van der Waals surface area contributed by atoms with Gasteiger partial charge in [0.15, 0.2) is 0 Å². The monoisotopic (exact) mass is 197 g/mol. The van der Waals surface area contributed by atoms with Gasteiger partial charge in [-0.15, -0.1) is 0 Å². The topological polar surface area (TPSA) is 20.3 Å². The molecule has 0 bridgehead atoms. The molecule has 1 saturated carbocycles. The third kappa shape index (κ3) is 2.49. The molecule has 14 heavy (non-hydrogen) atoms. The number of carbonyl (C=O) groups is 1. The molecule has 82 valence electrons. The molecule has 0 aromatic carbocycles. The van der Waals surface area contributed by atoms with Crippen LogP contribution in [0.3, 0.4) is 0 Å². The fraction of sp³-hybridized carbons (Fsp3) is 0.917. The van der Waals surface area contributed by atoms with Gasteiger partial charge in [0.2, 0.25) is 5.91 Å². The summed E-state index contributed by atoms with van der Waals surface area (Å²) in [4.78, 5) is 14.2. The van der Waals surface area contributed by atoms with Crippen molar-refractivity contribution in [2.24, 2.45) is 5.92 Å². The van der Waals surface area contributed by atoms with Gasteiger partial charge in [-0.3, -0.25) is 4.79 Å². The number of hydrogen-bond donors (Lipinski definition) is 0. The average molecular weight is 197 g/mol. The third-order valence-corrected chi connectivity index (χ3v) is 3.07. The van der Waals surface area contributed by atoms with Crippen LogP contribution in [0.2, 0.25) is 0 Å². The van der Waals surface area contributed by atoms with Gasteiger partial charge in [0.25, 0.3) is 0 Å². The molecule has 1 fully saturated rings. The zero-order valence-corrected chi connectivity index (χ0v) is 9.92. The molecule has 0 N–H and O–H groups in total. The van der Waals surface area contributed by atoms with Crippen molar-refractivity contribution in [3.63, 3.8) is 0 Å². The van der Waals surface area contributed by atoms with E-state index in [4.69, 9.17) is 0 Å². The summed E-state index contributed by atoms with van der Waals surface area (Å²) in [6, 6.07) is 0.672. The molecule has 2 heteroatoms. The molecule has 0 atom stereocenters. The molecule has 2 nitrogen and oxygen atoms in total. The number of carbonyl (C=O) groups excluding carboxylic acids is 1. The van der Waals surface area contributed by atoms with Crippen LogP contribution in [0, 0.1) is 5.92 Å². The zero-order valence-electron chi connectivity index (χ0n) is 9.92. The summed E-state index contributed by atoms with van der Waals surface area (Å²) >= 11 is 0. The number of nitrogens with zero attached hydrogens (tertiary/aromatic N) is 1. The molecule has 1 aliphatic rings. The van der Waals surface area contributed by atoms with Gasteiger partial charge in [-0.2, -0.15) is 0 Å². The van der Waals surface area contributed by atoms with Crippen LogP contribution in [-0.2, 0) is 4.79 Å². The van der Waals surface area contributed by atoms with E-state index in [9.17, 15) is 4.79 Å². The van der Waals surface area contributed by atoms with Crippen LogP contribution in [0.5, 0.6) is 0 Å². The first-order valence-corrected chi connectivity index (χ1v) is 5.86. The Morgan fingerprint density at radius 2 is 1.50 bits per heavy atom. The smallest absolute Gasteiger partial charge is 0.226 e. The molecule has 0 unspecified atom stereocenters. The summed E-state index contributed by atoms with van der Waals surface area (Å²) in [6.07, 6.45) is 4.68. The maximum Gasteiger partial charge on any atom is 0.226 e. The second-order valence-corrected chi connectivity index (χ2v) is 4.91. The average Bonchev–Trinajstić information content (AvgIpc) is 2.53. The lowest BCUT2D eigenvalue weighted by atomic mass is 10.0. The minimum absolute atomic E-state index is 0.319. The molecule has 0 aromatic rings. The van der Waals surface area contributed by atoms with Gasteiger partial charge >= 0.3 is 0 Å². The van der Waals surface area contributed by atoms with Crippen LogP contribution in [0.1, 0.15) is 53.4 Å². The first kappa shape index (κ1) is 11.5. The number of rotatable bonds is 3. The van der Waals surface area contributed by atoms with E-state index in [1.165, 1.54) is 12.8 Å². The third-order valence-electron chi connectivity index (χ3n) is 3.07. The Kier molecular flexibility index (Phi) is 3.97. The standard InChI is InChI=1S/C12H23NO/c1-9(2)13(10(3)4)12(14)11-7-5-6-8-11/h9-11H,5-8H2,1-4H3. The highest BCUT2D eigenvalue weighted by atomic mass is 16.2. The van der Waals surface area contributed by atoms with E-state index < -0.39 is 0 Å². The van der Waals surface area contributed by atoms with Crippen LogP contribution < -0.4 is 0 Å². The van der Waals surface area contributed by atoms with E-state index >= 15 is 0 Å². The lowest BCUT2D eigenvalue weighted by Crippen LogP contribution is -2.44. The Morgan fingerprint density at radius 1 is 1.07 bits per heavy atom. The molecule has 1 amide bonds. The van der Waals surface area contributed by atoms with Crippen molar-refractivity contribution in [3.05, 3.63) is 0 Å². The quantitative estimate of drug-likeness (QED) is 0.681. The maximum atomic E-state index is 12.2. The van der Waals surface area contributed by atoms with Crippen molar-refractivity contribution in [1.82, 2.24) is 4.90 Å². The van der Waals surface area contributed by atoms with E-state index in [0.717, 1.165) is 12.8 Å². The molecular weight excluding hydrogens is 174 g/mol. The van der Waals surface area contributed by atoms with Gasteiger partial charge in [-0.25, -0.2) is 0 Å². The summed E-state index contributed by atoms with van der Waals surface area (Å²) in [5.41, 5.74) is 0. The van der Waals surface area contributed by atoms with Crippen molar-refractivity contribution < 1.29 is 4.79 Å². The Hall–Kier alpha value is -0.530. The van der Waals surface area contributed by atoms with Gasteiger partial charge in [-0.05, 0) is 40.5 Å². The first-order chi connectivity index (χ1) is 6.54. The van der Waals surface area contributed by atoms with Gasteiger partial charge in [-0.1, -0.05) is 12.8 Å². The molecule has 1 rings (SSSR count). The fourth-order valence-corrected chi connectivity index (χ4v) is 2.49. The molecule has 0 aliphatic heterocycles. The van der Waals surface area contributed by atoms with Crippen molar-refractivity contribution in [1.29, 1.82) is 0 Å². The second kappa shape index (κ2) is 4.81. The van der Waals surface area contributed by atoms with Gasteiger partial charge in [0.05, 0.1) is 0 Å². The number of hydrogen-bond acceptors (Lipinski definition) is 1. The maximum absolute atomic E-state index is 12.2. The van der Waals surface area contributed by atoms with E-state index in [-0.39, 0.29) is 0 Å². The lowest BCUT2D eigenvalue weighted by Gasteiger charge is -2.33. The molecule has 1 aliphatic carbocycles. The van der Waals surface area contributed by atoms with E-state index in [2.05, 4.69) is 27.7 Å². The van der Waals surface area contributed by atoms with E-state index in [1.54, 1.807) is 0 Å². The van der Waals surface area contributed by atoms with Crippen LogP contribution in [-0.4, -0.2) is 22.9 Å². The van der Waals surface area contributed by atoms with Crippen molar-refractivity contribution in [2.75, 3.05) is 0 Å². The van der Waals surface area contributed by atoms with Crippen molar-refractivity contribution in [3.8, 4) is 0 Å². The van der Waals surface area contributed by atoms with E-state index in [0.29, 0.717) is 23.9 Å². The molecule has 0 heterocycles. The van der Waals surface area contributed by atoms with Gasteiger partial charge < -0.3 is 4.90 Å². The SMILES string of the molecule is CC(C)N(C(=O)C1CCCC1)C(C)C. The molecule has 0 radical (unpaired) electrons. The van der Waals surface area contributed by atoms with Gasteiger partial charge in [0, 0.05) is 18.0 Å². The summed E-state index contributed by atoms with van der Waals surface area (Å²) in [6.45, 7) is 8.42. The highest BCUT2D eigenvalue weighted by Crippen LogP contribution is 2.27. The summed E-state index contributed by atoms with van der Waals surface area (Å²) in [5, 5.41) is 0. The minimum Gasteiger partial charge on any atom is -0.338 e. The zero-order chi connectivity index (χ0) is 10.7. The minimum atomic E-state index is 0.319. The normalized spacial score (nSPS) is 18.1. The van der Waals surface area contributed by atoms with Crippen molar-refractivity contribution >= 4 is 5.91 Å². The van der Waals surface area contributed by atoms with Crippen molar-refractivity contribution in [2.45, 2.75) is 65.5 Å². The summed E-state index contributed by atoms with van der Waals surface area (Å²) < 4.78 is 0. The lowest BCUT2D eigenvalue weighted by molar-refractivity contribution is -0.139. The Labute approximate surface area is 87.7 Å². The number of amides is 1. The first-order valence-electron chi connectivity index (χ1n) is 5.86. The second-order valence-electron chi connectivity index (χ2n) is 4.91. The van der Waals surface area contributed by atoms with Crippen LogP contribution in [0.25, 0.3) is 0 Å². The van der Waals surface area contributed by atoms with Gasteiger partial charge in [0.1, 0.15) is 0 Å². The van der Waals surface area contributed by atoms with Crippen LogP contribution >= 0.6 is 0 Å². The predicted octanol–water partition coefficient (Wildman–Crippen LogP) is 2.82. The highest BCUT2D eigenvalue weighted by Gasteiger charge is 2.29. The van der Waals surface area contributed by atoms with Crippen LogP contribution in [0.15, 0.2) is 0 Å². The van der Waals surface area contributed by atoms with E-state index in [1.807, 2.05) is 4.90 Å². The fourth-order valence-electron chi connectivity index (χ4n) is 2.49. The Balaban J connectivity index is 2.62. The summed E-state index contributed by atoms with van der Waals surface area (Å²) in [7, 11) is 0. The largest absolute Gasteiger partial charge is 0.338 e. The van der Waals surface area contributed by atoms with Crippen LogP contribution in [0.4, 0.5) is 0 Å². The molecule has 0 aromatic heterocycles. The molecule has 0 spiro atoms. The summed E-state index contributed by atoms with van der Waals surface area (Å²) in [5.74, 6) is 0.701. The highest BCUT2D eigenvalue weighted by molar-refractivity contribution is 5.79.